The van der Waals surface area contributed by atoms with Crippen molar-refractivity contribution >= 4 is 23.0 Å². The zero-order valence-corrected chi connectivity index (χ0v) is 21.3. The molecule has 0 spiro atoms. The molecule has 9 nitrogen and oxygen atoms in total. The molecule has 0 saturated carbocycles. The maximum Gasteiger partial charge on any atom is 0.271 e. The predicted molar refractivity (Wildman–Crippen MR) is 140 cm³/mol. The number of thiocarbonyl (C=S) groups is 1. The van der Waals surface area contributed by atoms with Crippen LogP contribution in [0.5, 0.6) is 5.75 Å². The first kappa shape index (κ1) is 24.2. The van der Waals surface area contributed by atoms with E-state index in [0.29, 0.717) is 23.1 Å². The summed E-state index contributed by atoms with van der Waals surface area (Å²) in [5, 5.41) is 15.7. The molecular weight excluding hydrogens is 478 g/mol. The van der Waals surface area contributed by atoms with Gasteiger partial charge in [0.25, 0.3) is 5.69 Å². The molecule has 0 aliphatic carbocycles. The van der Waals surface area contributed by atoms with Crippen LogP contribution in [0.15, 0.2) is 48.7 Å². The first-order valence-corrected chi connectivity index (χ1v) is 12.4. The van der Waals surface area contributed by atoms with Crippen LogP contribution in [0.2, 0.25) is 0 Å². The van der Waals surface area contributed by atoms with E-state index in [9.17, 15) is 10.1 Å². The topological polar surface area (TPSA) is 94.7 Å². The molecule has 0 radical (unpaired) electrons. The molecule has 10 heteroatoms. The van der Waals surface area contributed by atoms with Gasteiger partial charge >= 0.3 is 0 Å². The molecule has 2 aliphatic heterocycles. The Morgan fingerprint density at radius 3 is 2.78 bits per heavy atom. The number of nitro benzene ring substituents is 1. The monoisotopic (exact) mass is 507 g/mol. The third-order valence-corrected chi connectivity index (χ3v) is 7.38. The number of hydrogen-bond acceptors (Lipinski definition) is 6. The average molecular weight is 508 g/mol. The van der Waals surface area contributed by atoms with E-state index in [1.165, 1.54) is 6.07 Å². The predicted octanol–water partition coefficient (Wildman–Crippen LogP) is 4.56. The third kappa shape index (κ3) is 4.31. The van der Waals surface area contributed by atoms with Crippen LogP contribution in [-0.2, 0) is 4.74 Å². The van der Waals surface area contributed by atoms with Crippen molar-refractivity contribution in [2.75, 3.05) is 20.3 Å². The minimum Gasteiger partial charge on any atom is -0.495 e. The van der Waals surface area contributed by atoms with Crippen LogP contribution in [0.3, 0.4) is 0 Å². The summed E-state index contributed by atoms with van der Waals surface area (Å²) < 4.78 is 13.6. The van der Waals surface area contributed by atoms with Crippen LogP contribution >= 0.6 is 12.2 Å². The second-order valence-corrected chi connectivity index (χ2v) is 9.58. The molecule has 2 aliphatic rings. The molecule has 5 rings (SSSR count). The Hall–Kier alpha value is -3.50. The van der Waals surface area contributed by atoms with E-state index in [2.05, 4.69) is 21.3 Å². The number of pyridine rings is 1. The SMILES string of the molecule is COc1ccc([N+](=O)[O-])cc1-n1c(C)cc([C@H]2[C@H](c3ccccn3)NC(=S)N2C[C@@H]2CCCO2)c1C. The van der Waals surface area contributed by atoms with Gasteiger partial charge in [-0.3, -0.25) is 15.1 Å². The van der Waals surface area contributed by atoms with Crippen LogP contribution in [0.4, 0.5) is 5.69 Å². The van der Waals surface area contributed by atoms with Gasteiger partial charge in [0.05, 0.1) is 41.6 Å². The minimum atomic E-state index is -0.391. The Bertz CT molecular complexity index is 1290. The number of nitro groups is 1. The second-order valence-electron chi connectivity index (χ2n) is 9.19. The van der Waals surface area contributed by atoms with Crippen molar-refractivity contribution in [1.82, 2.24) is 19.8 Å². The van der Waals surface area contributed by atoms with Crippen molar-refractivity contribution in [2.45, 2.75) is 44.9 Å². The van der Waals surface area contributed by atoms with Gasteiger partial charge in [0.15, 0.2) is 5.11 Å². The molecule has 3 aromatic rings. The van der Waals surface area contributed by atoms with E-state index >= 15 is 0 Å². The molecule has 0 bridgehead atoms. The zero-order valence-electron chi connectivity index (χ0n) is 20.5. The van der Waals surface area contributed by atoms with Crippen molar-refractivity contribution in [3.8, 4) is 11.4 Å². The van der Waals surface area contributed by atoms with Gasteiger partial charge in [-0.2, -0.15) is 0 Å². The summed E-state index contributed by atoms with van der Waals surface area (Å²) in [5.41, 5.74) is 4.51. The quantitative estimate of drug-likeness (QED) is 0.283. The molecule has 0 amide bonds. The molecule has 3 atom stereocenters. The van der Waals surface area contributed by atoms with Crippen molar-refractivity contribution in [1.29, 1.82) is 0 Å². The van der Waals surface area contributed by atoms with Crippen molar-refractivity contribution in [3.05, 3.63) is 81.4 Å². The number of benzene rings is 1. The summed E-state index contributed by atoms with van der Waals surface area (Å²) in [4.78, 5) is 18.0. The fourth-order valence-corrected chi connectivity index (χ4v) is 5.69. The van der Waals surface area contributed by atoms with Crippen molar-refractivity contribution < 1.29 is 14.4 Å². The second kappa shape index (κ2) is 9.87. The highest BCUT2D eigenvalue weighted by molar-refractivity contribution is 7.80. The molecule has 1 N–H and O–H groups in total. The molecule has 2 saturated heterocycles. The number of non-ortho nitro benzene ring substituents is 1. The number of hydrogen-bond donors (Lipinski definition) is 1. The number of nitrogens with one attached hydrogen (secondary N) is 1. The summed E-state index contributed by atoms with van der Waals surface area (Å²) in [7, 11) is 1.57. The maximum atomic E-state index is 11.5. The first-order valence-electron chi connectivity index (χ1n) is 12.0. The fourth-order valence-electron chi connectivity index (χ4n) is 5.37. The summed E-state index contributed by atoms with van der Waals surface area (Å²) in [6, 6.07) is 12.4. The fraction of sp³-hybridized carbons (Fsp3) is 0.385. The highest BCUT2D eigenvalue weighted by Crippen LogP contribution is 2.42. The highest BCUT2D eigenvalue weighted by Gasteiger charge is 2.42. The van der Waals surface area contributed by atoms with Crippen molar-refractivity contribution in [3.63, 3.8) is 0 Å². The number of nitrogens with zero attached hydrogens (tertiary/aromatic N) is 4. The van der Waals surface area contributed by atoms with E-state index in [0.717, 1.165) is 42.1 Å². The van der Waals surface area contributed by atoms with Gasteiger partial charge in [-0.25, -0.2) is 0 Å². The van der Waals surface area contributed by atoms with Crippen LogP contribution in [0, 0.1) is 24.0 Å². The lowest BCUT2D eigenvalue weighted by atomic mass is 9.96. The van der Waals surface area contributed by atoms with Gasteiger partial charge in [0.1, 0.15) is 5.75 Å². The van der Waals surface area contributed by atoms with E-state index in [1.807, 2.05) is 36.6 Å². The first-order chi connectivity index (χ1) is 17.4. The Kier molecular flexibility index (Phi) is 6.63. The van der Waals surface area contributed by atoms with Crippen LogP contribution in [0.1, 0.15) is 47.6 Å². The Labute approximate surface area is 215 Å². The summed E-state index contributed by atoms with van der Waals surface area (Å²) in [6.45, 7) is 5.48. The van der Waals surface area contributed by atoms with Gasteiger partial charge < -0.3 is 24.3 Å². The van der Waals surface area contributed by atoms with E-state index in [4.69, 9.17) is 21.7 Å². The number of aryl methyl sites for hydroxylation is 1. The van der Waals surface area contributed by atoms with Crippen LogP contribution < -0.4 is 10.1 Å². The lowest BCUT2D eigenvalue weighted by molar-refractivity contribution is -0.384. The summed E-state index contributed by atoms with van der Waals surface area (Å²) >= 11 is 5.82. The van der Waals surface area contributed by atoms with Gasteiger partial charge in [-0.15, -0.1) is 0 Å². The number of methoxy groups -OCH3 is 1. The lowest BCUT2D eigenvalue weighted by Crippen LogP contribution is -2.36. The largest absolute Gasteiger partial charge is 0.495 e. The number of rotatable bonds is 7. The van der Waals surface area contributed by atoms with Gasteiger partial charge in [0.2, 0.25) is 0 Å². The Morgan fingerprint density at radius 1 is 1.28 bits per heavy atom. The minimum absolute atomic E-state index is 0.00920. The zero-order chi connectivity index (χ0) is 25.4. The molecule has 0 unspecified atom stereocenters. The summed E-state index contributed by atoms with van der Waals surface area (Å²) in [6.07, 6.45) is 3.96. The number of aromatic nitrogens is 2. The average Bonchev–Trinajstić information content (AvgIpc) is 3.58. The molecule has 2 aromatic heterocycles. The van der Waals surface area contributed by atoms with Crippen LogP contribution in [0.25, 0.3) is 5.69 Å². The van der Waals surface area contributed by atoms with Crippen molar-refractivity contribution in [2.24, 2.45) is 0 Å². The van der Waals surface area contributed by atoms with Crippen LogP contribution in [-0.4, -0.2) is 50.9 Å². The van der Waals surface area contributed by atoms with E-state index in [-0.39, 0.29) is 23.9 Å². The molecule has 188 valence electrons. The normalized spacial score (nSPS) is 21.6. The highest BCUT2D eigenvalue weighted by atomic mass is 32.1. The van der Waals surface area contributed by atoms with E-state index in [1.54, 1.807) is 25.4 Å². The standard InChI is InChI=1S/C26H29N5O4S/c1-16-13-20(17(2)30(16)22-14-18(31(32)33)9-10-23(22)34-3)25-24(21-8-4-5-11-27-21)28-26(36)29(25)15-19-7-6-12-35-19/h4-5,8-11,13-14,19,24-25H,6-7,12,15H2,1-3H3,(H,28,36)/t19-,24-,25-/m0/s1. The smallest absolute Gasteiger partial charge is 0.271 e. The molecule has 2 fully saturated rings. The van der Waals surface area contributed by atoms with Gasteiger partial charge in [-0.05, 0) is 68.7 Å². The maximum absolute atomic E-state index is 11.5. The Balaban J connectivity index is 1.63. The van der Waals surface area contributed by atoms with Gasteiger partial charge in [0, 0.05) is 42.9 Å². The number of ether oxygens (including phenoxy) is 2. The molecule has 36 heavy (non-hydrogen) atoms. The lowest BCUT2D eigenvalue weighted by Gasteiger charge is -2.30. The Morgan fingerprint density at radius 2 is 2.11 bits per heavy atom. The molecular formula is C26H29N5O4S. The molecule has 4 heterocycles. The van der Waals surface area contributed by atoms with E-state index < -0.39 is 4.92 Å². The third-order valence-electron chi connectivity index (χ3n) is 7.03. The summed E-state index contributed by atoms with van der Waals surface area (Å²) in [5.74, 6) is 0.562. The van der Waals surface area contributed by atoms with Gasteiger partial charge in [-0.1, -0.05) is 6.07 Å². The molecule has 1 aromatic carbocycles.